The second-order valence-corrected chi connectivity index (χ2v) is 5.90. The molecular weight excluding hydrogens is 308 g/mol. The number of hydrogen-bond acceptors (Lipinski definition) is 2. The molecule has 0 unspecified atom stereocenters. The van der Waals surface area contributed by atoms with Crippen LogP contribution in [0.5, 0.6) is 0 Å². The van der Waals surface area contributed by atoms with Crippen molar-refractivity contribution < 1.29 is 4.79 Å². The third-order valence-corrected chi connectivity index (χ3v) is 4.34. The Bertz CT molecular complexity index is 978. The summed E-state index contributed by atoms with van der Waals surface area (Å²) in [4.78, 5) is 20.0. The second kappa shape index (κ2) is 5.91. The molecule has 0 fully saturated rings. The molecule has 3 aromatic rings. The molecule has 0 atom stereocenters. The molecule has 5 nitrogen and oxygen atoms in total. The van der Waals surface area contributed by atoms with E-state index < -0.39 is 5.91 Å². The summed E-state index contributed by atoms with van der Waals surface area (Å²) in [7, 11) is 0. The summed E-state index contributed by atoms with van der Waals surface area (Å²) in [5, 5.41) is 2.55. The van der Waals surface area contributed by atoms with Crippen LogP contribution in [0.3, 0.4) is 0 Å². The number of guanidine groups is 1. The molecule has 0 aliphatic heterocycles. The second-order valence-electron chi connectivity index (χ2n) is 4.83. The monoisotopic (exact) mass is 320 g/mol. The highest BCUT2D eigenvalue weighted by Gasteiger charge is 2.10. The number of thiophene rings is 1. The maximum atomic E-state index is 12.0. The molecule has 0 spiro atoms. The van der Waals surface area contributed by atoms with Gasteiger partial charge in [0, 0.05) is 10.4 Å². The first-order valence-electron chi connectivity index (χ1n) is 6.73. The normalized spacial score (nSPS) is 10.2. The Morgan fingerprint density at radius 2 is 1.96 bits per heavy atom. The van der Waals surface area contributed by atoms with Gasteiger partial charge >= 0.3 is 0 Å². The SMILES string of the molecule is [C-]#[N+]c1ccc(-c2cccc3ccc(C(=O)N=C(N)N)cc23)s1. The van der Waals surface area contributed by atoms with Crippen molar-refractivity contribution in [1.29, 1.82) is 0 Å². The maximum Gasteiger partial charge on any atom is 0.280 e. The van der Waals surface area contributed by atoms with Gasteiger partial charge in [0.1, 0.15) is 0 Å². The van der Waals surface area contributed by atoms with Gasteiger partial charge in [-0.05, 0) is 34.5 Å². The lowest BCUT2D eigenvalue weighted by atomic mass is 10.0. The summed E-state index contributed by atoms with van der Waals surface area (Å²) < 4.78 is 0. The molecule has 0 aliphatic rings. The van der Waals surface area contributed by atoms with Gasteiger partial charge in [-0.2, -0.15) is 16.3 Å². The molecule has 1 heterocycles. The Balaban J connectivity index is 2.17. The first kappa shape index (κ1) is 14.8. The summed E-state index contributed by atoms with van der Waals surface area (Å²) in [6.07, 6.45) is 0. The van der Waals surface area contributed by atoms with Gasteiger partial charge in [-0.3, -0.25) is 4.79 Å². The van der Waals surface area contributed by atoms with Crippen LogP contribution in [0.15, 0.2) is 53.5 Å². The molecule has 0 saturated heterocycles. The van der Waals surface area contributed by atoms with Crippen LogP contribution < -0.4 is 11.5 Å². The number of nitrogens with zero attached hydrogens (tertiary/aromatic N) is 2. The Kier molecular flexibility index (Phi) is 3.79. The number of rotatable bonds is 2. The smallest absolute Gasteiger partial charge is 0.280 e. The van der Waals surface area contributed by atoms with Crippen LogP contribution in [-0.4, -0.2) is 11.9 Å². The first-order chi connectivity index (χ1) is 11.1. The molecule has 23 heavy (non-hydrogen) atoms. The van der Waals surface area contributed by atoms with E-state index in [1.807, 2.05) is 30.3 Å². The van der Waals surface area contributed by atoms with Crippen molar-refractivity contribution in [3.63, 3.8) is 0 Å². The van der Waals surface area contributed by atoms with Crippen LogP contribution in [0.1, 0.15) is 10.4 Å². The molecule has 0 bridgehead atoms. The van der Waals surface area contributed by atoms with Crippen molar-refractivity contribution in [3.8, 4) is 10.4 Å². The standard InChI is InChI=1S/C17H12N4OS/c1-20-15-8-7-14(23-15)12-4-2-3-10-5-6-11(9-13(10)12)16(22)21-17(18)19/h2-9H,(H4,18,19,21,22). The number of fused-ring (bicyclic) bond motifs is 1. The lowest BCUT2D eigenvalue weighted by Crippen LogP contribution is -2.24. The minimum atomic E-state index is -0.477. The van der Waals surface area contributed by atoms with E-state index in [0.717, 1.165) is 21.2 Å². The van der Waals surface area contributed by atoms with Gasteiger partial charge < -0.3 is 11.5 Å². The van der Waals surface area contributed by atoms with Crippen molar-refractivity contribution in [2.45, 2.75) is 0 Å². The van der Waals surface area contributed by atoms with Crippen molar-refractivity contribution in [2.75, 3.05) is 0 Å². The van der Waals surface area contributed by atoms with Crippen LogP contribution in [0.2, 0.25) is 0 Å². The molecule has 0 radical (unpaired) electrons. The largest absolute Gasteiger partial charge is 0.370 e. The maximum absolute atomic E-state index is 12.0. The number of carbonyl (C=O) groups excluding carboxylic acids is 1. The van der Waals surface area contributed by atoms with Crippen LogP contribution in [-0.2, 0) is 0 Å². The Labute approximate surface area is 136 Å². The molecule has 4 N–H and O–H groups in total. The van der Waals surface area contributed by atoms with Gasteiger partial charge in [0.05, 0.1) is 6.57 Å². The van der Waals surface area contributed by atoms with Crippen molar-refractivity contribution in [1.82, 2.24) is 0 Å². The van der Waals surface area contributed by atoms with E-state index in [-0.39, 0.29) is 5.96 Å². The Hall–Kier alpha value is -3.17. The molecule has 1 aromatic heterocycles. The topological polar surface area (TPSA) is 85.8 Å². The highest BCUT2D eigenvalue weighted by atomic mass is 32.1. The number of aliphatic imine (C=N–C) groups is 1. The fraction of sp³-hybridized carbons (Fsp3) is 0. The average molecular weight is 320 g/mol. The van der Waals surface area contributed by atoms with E-state index in [4.69, 9.17) is 18.0 Å². The molecular formula is C17H12N4OS. The predicted octanol–water partition coefficient (Wildman–Crippen LogP) is 3.53. The van der Waals surface area contributed by atoms with Crippen molar-refractivity contribution in [3.05, 3.63) is 65.5 Å². The molecule has 1 amide bonds. The van der Waals surface area contributed by atoms with E-state index >= 15 is 0 Å². The van der Waals surface area contributed by atoms with Crippen molar-refractivity contribution in [2.24, 2.45) is 16.5 Å². The zero-order valence-corrected chi connectivity index (χ0v) is 12.8. The third-order valence-electron chi connectivity index (χ3n) is 3.33. The van der Waals surface area contributed by atoms with Gasteiger partial charge in [0.25, 0.3) is 5.91 Å². The summed E-state index contributed by atoms with van der Waals surface area (Å²) >= 11 is 1.42. The summed E-state index contributed by atoms with van der Waals surface area (Å²) in [5.74, 6) is -0.738. The van der Waals surface area contributed by atoms with Crippen molar-refractivity contribution >= 4 is 39.0 Å². The molecule has 112 valence electrons. The molecule has 0 saturated carbocycles. The zero-order valence-electron chi connectivity index (χ0n) is 12.0. The van der Waals surface area contributed by atoms with E-state index in [1.54, 1.807) is 18.2 Å². The summed E-state index contributed by atoms with van der Waals surface area (Å²) in [5.41, 5.74) is 11.9. The van der Waals surface area contributed by atoms with Crippen LogP contribution in [0.25, 0.3) is 26.1 Å². The highest BCUT2D eigenvalue weighted by molar-refractivity contribution is 7.19. The van der Waals surface area contributed by atoms with E-state index in [9.17, 15) is 4.79 Å². The lowest BCUT2D eigenvalue weighted by molar-refractivity contribution is 0.100. The first-order valence-corrected chi connectivity index (χ1v) is 7.54. The van der Waals surface area contributed by atoms with Crippen LogP contribution >= 0.6 is 11.3 Å². The minimum Gasteiger partial charge on any atom is -0.370 e. The molecule has 2 aromatic carbocycles. The van der Waals surface area contributed by atoms with Gasteiger partial charge in [-0.15, -0.1) is 0 Å². The quantitative estimate of drug-likeness (QED) is 0.430. The van der Waals surface area contributed by atoms with Gasteiger partial charge in [-0.25, -0.2) is 4.85 Å². The van der Waals surface area contributed by atoms with Gasteiger partial charge in [0.2, 0.25) is 5.00 Å². The van der Waals surface area contributed by atoms with Crippen LogP contribution in [0, 0.1) is 6.57 Å². The minimum absolute atomic E-state index is 0.261. The average Bonchev–Trinajstić information content (AvgIpc) is 3.02. The number of amides is 1. The summed E-state index contributed by atoms with van der Waals surface area (Å²) in [6.45, 7) is 7.09. The zero-order chi connectivity index (χ0) is 16.4. The summed E-state index contributed by atoms with van der Waals surface area (Å²) in [6, 6.07) is 14.9. The molecule has 3 rings (SSSR count). The molecule has 0 aliphatic carbocycles. The van der Waals surface area contributed by atoms with Crippen LogP contribution in [0.4, 0.5) is 5.00 Å². The van der Waals surface area contributed by atoms with E-state index in [0.29, 0.717) is 10.6 Å². The predicted molar refractivity (Wildman–Crippen MR) is 93.7 cm³/mol. The highest BCUT2D eigenvalue weighted by Crippen LogP contribution is 2.37. The number of carbonyl (C=O) groups is 1. The number of nitrogens with two attached hydrogens (primary N) is 2. The lowest BCUT2D eigenvalue weighted by Gasteiger charge is -2.06. The fourth-order valence-electron chi connectivity index (χ4n) is 2.33. The number of benzene rings is 2. The van der Waals surface area contributed by atoms with Gasteiger partial charge in [0.15, 0.2) is 5.96 Å². The number of hydrogen-bond donors (Lipinski definition) is 2. The Morgan fingerprint density at radius 3 is 2.65 bits per heavy atom. The van der Waals surface area contributed by atoms with E-state index in [2.05, 4.69) is 9.84 Å². The molecule has 6 heteroatoms. The fourth-order valence-corrected chi connectivity index (χ4v) is 3.17. The Morgan fingerprint density at radius 1 is 1.13 bits per heavy atom. The van der Waals surface area contributed by atoms with Gasteiger partial charge in [-0.1, -0.05) is 30.3 Å². The van der Waals surface area contributed by atoms with E-state index in [1.165, 1.54) is 11.3 Å². The third kappa shape index (κ3) is 2.91.